The Morgan fingerprint density at radius 2 is 2.09 bits per heavy atom. The number of hydrogen-bond donors (Lipinski definition) is 2. The molecule has 0 amide bonds. The second-order valence-electron chi connectivity index (χ2n) is 2.63. The number of nitrogens with one attached hydrogen (secondary N) is 2. The zero-order valence-electron chi connectivity index (χ0n) is 6.96. The molecule has 0 aliphatic carbocycles. The van der Waals surface area contributed by atoms with Gasteiger partial charge in [0.1, 0.15) is 0 Å². The van der Waals surface area contributed by atoms with Crippen LogP contribution in [-0.4, -0.2) is 24.2 Å². The lowest BCUT2D eigenvalue weighted by Gasteiger charge is -2.05. The van der Waals surface area contributed by atoms with E-state index < -0.39 is 5.03 Å². The molecule has 0 saturated heterocycles. The molecule has 0 aromatic rings. The highest BCUT2D eigenvalue weighted by molar-refractivity contribution is 4.52. The van der Waals surface area contributed by atoms with Crippen molar-refractivity contribution in [2.24, 2.45) is 0 Å². The lowest BCUT2D eigenvalue weighted by molar-refractivity contribution is -0.544. The topological polar surface area (TPSA) is 67.2 Å². The minimum Gasteiger partial charge on any atom is -0.314 e. The Kier molecular flexibility index (Phi) is 5.46. The smallest absolute Gasteiger partial charge is 0.157 e. The summed E-state index contributed by atoms with van der Waals surface area (Å²) in [4.78, 5) is 9.77. The molecule has 66 valence electrons. The summed E-state index contributed by atoms with van der Waals surface area (Å²) < 4.78 is 0. The van der Waals surface area contributed by atoms with Crippen LogP contribution >= 0.6 is 0 Å². The number of nitrogens with zero attached hydrogens (tertiary/aromatic N) is 1. The van der Waals surface area contributed by atoms with Crippen molar-refractivity contribution < 1.29 is 5.03 Å². The Bertz CT molecular complexity index is 116. The number of hydrogen-bond acceptors (Lipinski definition) is 3. The molecule has 0 saturated carbocycles. The van der Waals surface area contributed by atoms with E-state index in [9.17, 15) is 10.1 Å². The van der Waals surface area contributed by atoms with E-state index in [0.29, 0.717) is 12.6 Å². The third kappa shape index (κ3) is 9.16. The first-order valence-electron chi connectivity index (χ1n) is 3.74. The van der Waals surface area contributed by atoms with Crippen LogP contribution in [0.3, 0.4) is 0 Å². The van der Waals surface area contributed by atoms with Gasteiger partial charge >= 0.3 is 0 Å². The van der Waals surface area contributed by atoms with Gasteiger partial charge in [0.15, 0.2) is 5.03 Å². The molecule has 0 rings (SSSR count). The lowest BCUT2D eigenvalue weighted by atomic mass is 10.3. The van der Waals surface area contributed by atoms with E-state index in [0.717, 1.165) is 13.0 Å². The largest absolute Gasteiger partial charge is 0.314 e. The molecule has 5 heteroatoms. The average Bonchev–Trinajstić information content (AvgIpc) is 1.85. The molecule has 0 fully saturated rings. The van der Waals surface area contributed by atoms with Crippen LogP contribution in [0.1, 0.15) is 20.3 Å². The summed E-state index contributed by atoms with van der Waals surface area (Å²) in [6.07, 6.45) is 0.777. The van der Waals surface area contributed by atoms with Crippen molar-refractivity contribution in [2.45, 2.75) is 26.3 Å². The third-order valence-electron chi connectivity index (χ3n) is 1.15. The van der Waals surface area contributed by atoms with Crippen LogP contribution in [0.4, 0.5) is 0 Å². The fourth-order valence-electron chi connectivity index (χ4n) is 0.649. The predicted octanol–water partition coefficient (Wildman–Crippen LogP) is 0.156. The Hall–Kier alpha value is -0.840. The predicted molar refractivity (Wildman–Crippen MR) is 42.8 cm³/mol. The Labute approximate surface area is 66.3 Å². The molecule has 0 bridgehead atoms. The molecule has 0 aliphatic rings. The van der Waals surface area contributed by atoms with E-state index in [1.807, 2.05) is 13.8 Å². The van der Waals surface area contributed by atoms with Gasteiger partial charge in [-0.1, -0.05) is 13.8 Å². The van der Waals surface area contributed by atoms with Gasteiger partial charge in [-0.15, -0.1) is 5.43 Å². The van der Waals surface area contributed by atoms with Gasteiger partial charge in [-0.3, -0.25) is 0 Å². The van der Waals surface area contributed by atoms with E-state index in [1.165, 1.54) is 0 Å². The molecule has 0 spiro atoms. The molecule has 0 radical (unpaired) electrons. The van der Waals surface area contributed by atoms with Crippen LogP contribution in [-0.2, 0) is 0 Å². The highest BCUT2D eigenvalue weighted by Gasteiger charge is 1.94. The number of hydrazine groups is 1. The van der Waals surface area contributed by atoms with Gasteiger partial charge < -0.3 is 5.32 Å². The van der Waals surface area contributed by atoms with Crippen LogP contribution in [0, 0.1) is 10.1 Å². The van der Waals surface area contributed by atoms with Crippen LogP contribution in [0.15, 0.2) is 0 Å². The van der Waals surface area contributed by atoms with Crippen molar-refractivity contribution in [2.75, 3.05) is 13.1 Å². The van der Waals surface area contributed by atoms with E-state index >= 15 is 0 Å². The molecule has 11 heavy (non-hydrogen) atoms. The maximum absolute atomic E-state index is 9.77. The Morgan fingerprint density at radius 3 is 2.55 bits per heavy atom. The standard InChI is InChI=1S/C6H15N3O2/c1-6(2)7-4-3-5-8-9(10)11/h6-8H,3-5H2,1-2H3. The van der Waals surface area contributed by atoms with Crippen molar-refractivity contribution in [1.29, 1.82) is 0 Å². The molecule has 2 N–H and O–H groups in total. The summed E-state index contributed by atoms with van der Waals surface area (Å²) in [5.74, 6) is 0. The summed E-state index contributed by atoms with van der Waals surface area (Å²) in [5.41, 5.74) is 2.10. The minimum atomic E-state index is -0.518. The first-order chi connectivity index (χ1) is 5.13. The quantitative estimate of drug-likeness (QED) is 0.331. The first kappa shape index (κ1) is 10.2. The van der Waals surface area contributed by atoms with Gasteiger partial charge in [0.2, 0.25) is 0 Å². The molecular formula is C6H15N3O2. The molecule has 5 nitrogen and oxygen atoms in total. The van der Waals surface area contributed by atoms with Crippen molar-refractivity contribution in [3.63, 3.8) is 0 Å². The van der Waals surface area contributed by atoms with E-state index in [-0.39, 0.29) is 0 Å². The van der Waals surface area contributed by atoms with Crippen molar-refractivity contribution in [1.82, 2.24) is 10.7 Å². The summed E-state index contributed by atoms with van der Waals surface area (Å²) in [6.45, 7) is 5.33. The van der Waals surface area contributed by atoms with Crippen LogP contribution < -0.4 is 10.7 Å². The number of nitro groups is 1. The summed E-state index contributed by atoms with van der Waals surface area (Å²) in [6, 6.07) is 0.450. The second kappa shape index (κ2) is 5.91. The van der Waals surface area contributed by atoms with Gasteiger partial charge in [-0.2, -0.15) is 0 Å². The summed E-state index contributed by atoms with van der Waals surface area (Å²) in [7, 11) is 0. The average molecular weight is 161 g/mol. The SMILES string of the molecule is CC(C)NCCCN[N+](=O)[O-]. The molecule has 0 unspecified atom stereocenters. The van der Waals surface area contributed by atoms with Crippen LogP contribution in [0.2, 0.25) is 0 Å². The highest BCUT2D eigenvalue weighted by atomic mass is 16.7. The molecule has 0 heterocycles. The summed E-state index contributed by atoms with van der Waals surface area (Å²) >= 11 is 0. The van der Waals surface area contributed by atoms with Crippen molar-refractivity contribution in [3.8, 4) is 0 Å². The molecule has 0 aliphatic heterocycles. The zero-order valence-corrected chi connectivity index (χ0v) is 6.96. The second-order valence-corrected chi connectivity index (χ2v) is 2.63. The van der Waals surface area contributed by atoms with Gasteiger partial charge in [0.05, 0.1) is 6.54 Å². The van der Waals surface area contributed by atoms with E-state index in [4.69, 9.17) is 0 Å². The van der Waals surface area contributed by atoms with Gasteiger partial charge in [-0.25, -0.2) is 10.1 Å². The Morgan fingerprint density at radius 1 is 1.45 bits per heavy atom. The fraction of sp³-hybridized carbons (Fsp3) is 1.00. The van der Waals surface area contributed by atoms with Gasteiger partial charge in [0, 0.05) is 6.04 Å². The molecule has 0 aromatic heterocycles. The maximum Gasteiger partial charge on any atom is 0.157 e. The van der Waals surface area contributed by atoms with Crippen LogP contribution in [0.25, 0.3) is 0 Å². The Balaban J connectivity index is 2.97. The summed E-state index contributed by atoms with van der Waals surface area (Å²) in [5, 5.41) is 12.4. The van der Waals surface area contributed by atoms with Crippen molar-refractivity contribution in [3.05, 3.63) is 10.1 Å². The maximum atomic E-state index is 9.77. The molecule has 0 atom stereocenters. The lowest BCUT2D eigenvalue weighted by Crippen LogP contribution is -2.29. The number of rotatable bonds is 6. The van der Waals surface area contributed by atoms with Crippen molar-refractivity contribution >= 4 is 0 Å². The monoisotopic (exact) mass is 161 g/mol. The van der Waals surface area contributed by atoms with Gasteiger partial charge in [-0.05, 0) is 13.0 Å². The van der Waals surface area contributed by atoms with Gasteiger partial charge in [0.25, 0.3) is 0 Å². The zero-order chi connectivity index (χ0) is 8.69. The van der Waals surface area contributed by atoms with E-state index in [1.54, 1.807) is 0 Å². The van der Waals surface area contributed by atoms with Crippen LogP contribution in [0.5, 0.6) is 0 Å². The first-order valence-corrected chi connectivity index (χ1v) is 3.74. The highest BCUT2D eigenvalue weighted by Crippen LogP contribution is 1.78. The minimum absolute atomic E-state index is 0.423. The molecule has 0 aromatic carbocycles. The normalized spacial score (nSPS) is 10.1. The van der Waals surface area contributed by atoms with E-state index in [2.05, 4.69) is 10.7 Å². The fourth-order valence-corrected chi connectivity index (χ4v) is 0.649. The third-order valence-corrected chi connectivity index (χ3v) is 1.15. The molecular weight excluding hydrogens is 146 g/mol.